The number of rotatable bonds is 5. The Balaban J connectivity index is 1.91. The van der Waals surface area contributed by atoms with E-state index in [1.165, 1.54) is 12.1 Å². The van der Waals surface area contributed by atoms with E-state index in [0.717, 1.165) is 11.3 Å². The molecule has 18 heavy (non-hydrogen) atoms. The Hall–Kier alpha value is -1.70. The van der Waals surface area contributed by atoms with Crippen molar-refractivity contribution in [3.63, 3.8) is 0 Å². The molecule has 1 aromatic heterocycles. The molecule has 0 bridgehead atoms. The Morgan fingerprint density at radius 3 is 2.50 bits per heavy atom. The molecule has 0 aliphatic heterocycles. The zero-order valence-electron chi connectivity index (χ0n) is 9.63. The Labute approximate surface area is 105 Å². The van der Waals surface area contributed by atoms with E-state index in [9.17, 15) is 8.42 Å². The molecule has 0 aliphatic carbocycles. The predicted molar refractivity (Wildman–Crippen MR) is 66.9 cm³/mol. The molecule has 0 radical (unpaired) electrons. The second kappa shape index (κ2) is 5.30. The van der Waals surface area contributed by atoms with E-state index in [-0.39, 0.29) is 4.90 Å². The molecule has 6 nitrogen and oxygen atoms in total. The molecule has 0 unspecified atom stereocenters. The zero-order valence-corrected chi connectivity index (χ0v) is 10.4. The molecule has 0 fully saturated rings. The van der Waals surface area contributed by atoms with Crippen LogP contribution in [0.4, 0.5) is 0 Å². The highest BCUT2D eigenvalue weighted by Gasteiger charge is 2.06. The number of hydrogen-bond acceptors (Lipinski definition) is 4. The topological polar surface area (TPSA) is 101 Å². The van der Waals surface area contributed by atoms with Gasteiger partial charge in [-0.3, -0.25) is 0 Å². The fraction of sp³-hybridized carbons (Fsp3) is 0.182. The quantitative estimate of drug-likeness (QED) is 0.726. The molecule has 96 valence electrons. The van der Waals surface area contributed by atoms with Gasteiger partial charge in [-0.15, -0.1) is 0 Å². The van der Waals surface area contributed by atoms with Crippen LogP contribution in [0.25, 0.3) is 0 Å². The summed E-state index contributed by atoms with van der Waals surface area (Å²) in [6.07, 6.45) is 3.37. The summed E-state index contributed by atoms with van der Waals surface area (Å²) in [4.78, 5) is 7.02. The Morgan fingerprint density at radius 2 is 1.94 bits per heavy atom. The van der Waals surface area contributed by atoms with Gasteiger partial charge in [0.05, 0.1) is 11.2 Å². The first kappa shape index (κ1) is 12.7. The molecule has 2 rings (SSSR count). The Kier molecular flexibility index (Phi) is 3.75. The number of nitrogens with two attached hydrogens (primary N) is 1. The summed E-state index contributed by atoms with van der Waals surface area (Å²) in [5.41, 5.74) is 1.98. The average molecular weight is 266 g/mol. The second-order valence-electron chi connectivity index (χ2n) is 3.87. The summed E-state index contributed by atoms with van der Waals surface area (Å²) >= 11 is 0. The van der Waals surface area contributed by atoms with Crippen molar-refractivity contribution >= 4 is 10.0 Å². The summed E-state index contributed by atoms with van der Waals surface area (Å²) in [6.45, 7) is 1.32. The SMILES string of the molecule is NS(=O)(=O)c1ccc(CNCc2cnc[nH]2)cc1. The van der Waals surface area contributed by atoms with Crippen LogP contribution in [0.1, 0.15) is 11.3 Å². The maximum Gasteiger partial charge on any atom is 0.238 e. The molecule has 0 saturated heterocycles. The first-order valence-corrected chi connectivity index (χ1v) is 6.90. The molecule has 2 aromatic rings. The van der Waals surface area contributed by atoms with Gasteiger partial charge >= 0.3 is 0 Å². The van der Waals surface area contributed by atoms with E-state index in [1.54, 1.807) is 24.7 Å². The molecule has 4 N–H and O–H groups in total. The maximum absolute atomic E-state index is 11.1. The number of nitrogens with zero attached hydrogens (tertiary/aromatic N) is 1. The van der Waals surface area contributed by atoms with Crippen LogP contribution in [0.2, 0.25) is 0 Å². The molecule has 0 aliphatic rings. The molecule has 7 heteroatoms. The highest BCUT2D eigenvalue weighted by atomic mass is 32.2. The number of H-pyrrole nitrogens is 1. The molecule has 0 saturated carbocycles. The van der Waals surface area contributed by atoms with Gasteiger partial charge in [-0.1, -0.05) is 12.1 Å². The van der Waals surface area contributed by atoms with Crippen LogP contribution < -0.4 is 10.5 Å². The minimum Gasteiger partial charge on any atom is -0.347 e. The molecule has 1 heterocycles. The minimum absolute atomic E-state index is 0.125. The molecule has 0 atom stereocenters. The standard InChI is InChI=1S/C11H14N4O2S/c12-18(16,17)11-3-1-9(2-4-11)5-13-6-10-7-14-8-15-10/h1-4,7-8,13H,5-6H2,(H,14,15)(H2,12,16,17). The fourth-order valence-corrected chi connectivity index (χ4v) is 2.04. The number of benzene rings is 1. The van der Waals surface area contributed by atoms with Crippen LogP contribution in [-0.2, 0) is 23.1 Å². The third-order valence-corrected chi connectivity index (χ3v) is 3.38. The van der Waals surface area contributed by atoms with Crippen molar-refractivity contribution in [2.75, 3.05) is 0 Å². The molecule has 0 spiro atoms. The van der Waals surface area contributed by atoms with Gasteiger partial charge < -0.3 is 10.3 Å². The van der Waals surface area contributed by atoms with Gasteiger partial charge in [-0.25, -0.2) is 18.5 Å². The van der Waals surface area contributed by atoms with Crippen LogP contribution in [0, 0.1) is 0 Å². The summed E-state index contributed by atoms with van der Waals surface area (Å²) in [6, 6.07) is 6.48. The van der Waals surface area contributed by atoms with E-state index in [2.05, 4.69) is 15.3 Å². The summed E-state index contributed by atoms with van der Waals surface area (Å²) < 4.78 is 22.1. The van der Waals surface area contributed by atoms with Gasteiger partial charge in [-0.2, -0.15) is 0 Å². The van der Waals surface area contributed by atoms with Crippen molar-refractivity contribution in [1.29, 1.82) is 0 Å². The first-order chi connectivity index (χ1) is 8.55. The van der Waals surface area contributed by atoms with Gasteiger partial charge in [0, 0.05) is 25.0 Å². The highest BCUT2D eigenvalue weighted by molar-refractivity contribution is 7.89. The number of nitrogens with one attached hydrogen (secondary N) is 2. The van der Waals surface area contributed by atoms with E-state index < -0.39 is 10.0 Å². The molecule has 1 aromatic carbocycles. The van der Waals surface area contributed by atoms with E-state index >= 15 is 0 Å². The first-order valence-electron chi connectivity index (χ1n) is 5.35. The second-order valence-corrected chi connectivity index (χ2v) is 5.43. The van der Waals surface area contributed by atoms with Gasteiger partial charge in [0.2, 0.25) is 10.0 Å². The molecular formula is C11H14N4O2S. The van der Waals surface area contributed by atoms with Crippen molar-refractivity contribution in [3.8, 4) is 0 Å². The lowest BCUT2D eigenvalue weighted by atomic mass is 10.2. The minimum atomic E-state index is -3.61. The van der Waals surface area contributed by atoms with Gasteiger partial charge in [0.25, 0.3) is 0 Å². The monoisotopic (exact) mass is 266 g/mol. The van der Waals surface area contributed by atoms with Crippen molar-refractivity contribution in [2.45, 2.75) is 18.0 Å². The van der Waals surface area contributed by atoms with E-state index in [0.29, 0.717) is 13.1 Å². The van der Waals surface area contributed by atoms with Crippen molar-refractivity contribution < 1.29 is 8.42 Å². The van der Waals surface area contributed by atoms with Gasteiger partial charge in [0.1, 0.15) is 0 Å². The van der Waals surface area contributed by atoms with Crippen LogP contribution in [-0.4, -0.2) is 18.4 Å². The average Bonchev–Trinajstić information content (AvgIpc) is 2.82. The molecule has 0 amide bonds. The Morgan fingerprint density at radius 1 is 1.22 bits per heavy atom. The van der Waals surface area contributed by atoms with Gasteiger partial charge in [0.15, 0.2) is 0 Å². The number of aromatic nitrogens is 2. The van der Waals surface area contributed by atoms with Crippen molar-refractivity contribution in [1.82, 2.24) is 15.3 Å². The van der Waals surface area contributed by atoms with Crippen LogP contribution >= 0.6 is 0 Å². The largest absolute Gasteiger partial charge is 0.347 e. The van der Waals surface area contributed by atoms with Crippen LogP contribution in [0.3, 0.4) is 0 Å². The lowest BCUT2D eigenvalue weighted by Crippen LogP contribution is -2.14. The zero-order chi connectivity index (χ0) is 13.0. The third kappa shape index (κ3) is 3.39. The Bertz CT molecular complexity index is 590. The highest BCUT2D eigenvalue weighted by Crippen LogP contribution is 2.08. The lowest BCUT2D eigenvalue weighted by molar-refractivity contribution is 0.597. The summed E-state index contributed by atoms with van der Waals surface area (Å²) in [7, 11) is -3.61. The maximum atomic E-state index is 11.1. The lowest BCUT2D eigenvalue weighted by Gasteiger charge is -2.04. The number of imidazole rings is 1. The van der Waals surface area contributed by atoms with E-state index in [4.69, 9.17) is 5.14 Å². The smallest absolute Gasteiger partial charge is 0.238 e. The van der Waals surface area contributed by atoms with Crippen LogP contribution in [0.5, 0.6) is 0 Å². The number of sulfonamides is 1. The van der Waals surface area contributed by atoms with Crippen molar-refractivity contribution in [3.05, 3.63) is 48.0 Å². The van der Waals surface area contributed by atoms with Crippen LogP contribution in [0.15, 0.2) is 41.7 Å². The number of aromatic amines is 1. The normalized spacial score (nSPS) is 11.6. The fourth-order valence-electron chi connectivity index (χ4n) is 1.52. The predicted octanol–water partition coefficient (Wildman–Crippen LogP) is 0.347. The third-order valence-electron chi connectivity index (χ3n) is 2.45. The number of hydrogen-bond donors (Lipinski definition) is 3. The summed E-state index contributed by atoms with van der Waals surface area (Å²) in [5.74, 6) is 0. The van der Waals surface area contributed by atoms with E-state index in [1.807, 2.05) is 0 Å². The van der Waals surface area contributed by atoms with Crippen molar-refractivity contribution in [2.24, 2.45) is 5.14 Å². The number of primary sulfonamides is 1. The van der Waals surface area contributed by atoms with Gasteiger partial charge in [-0.05, 0) is 17.7 Å². The summed E-state index contributed by atoms with van der Waals surface area (Å²) in [5, 5.41) is 8.23. The molecular weight excluding hydrogens is 252 g/mol.